The van der Waals surface area contributed by atoms with Crippen LogP contribution in [-0.2, 0) is 9.53 Å². The molecule has 2 saturated heterocycles. The molecule has 0 aromatic heterocycles. The standard InChI is InChI=1S/C13H23NO2/c15-13(11-12-5-9-16-10-6-12)14-7-3-1-2-4-8-14/h12H,1-11H2. The van der Waals surface area contributed by atoms with Gasteiger partial charge in [0.15, 0.2) is 0 Å². The summed E-state index contributed by atoms with van der Waals surface area (Å²) in [4.78, 5) is 14.2. The van der Waals surface area contributed by atoms with Gasteiger partial charge >= 0.3 is 0 Å². The van der Waals surface area contributed by atoms with Gasteiger partial charge in [-0.15, -0.1) is 0 Å². The maximum Gasteiger partial charge on any atom is 0.222 e. The molecule has 16 heavy (non-hydrogen) atoms. The first-order valence-electron chi connectivity index (χ1n) is 6.72. The molecule has 1 amide bonds. The van der Waals surface area contributed by atoms with Gasteiger partial charge in [-0.2, -0.15) is 0 Å². The average Bonchev–Trinajstić information content (AvgIpc) is 2.59. The molecule has 0 atom stereocenters. The van der Waals surface area contributed by atoms with Gasteiger partial charge in [0.25, 0.3) is 0 Å². The van der Waals surface area contributed by atoms with Crippen LogP contribution in [0.2, 0.25) is 0 Å². The summed E-state index contributed by atoms with van der Waals surface area (Å²) >= 11 is 0. The number of carbonyl (C=O) groups is 1. The van der Waals surface area contributed by atoms with Gasteiger partial charge in [-0.05, 0) is 31.6 Å². The second kappa shape index (κ2) is 6.24. The maximum atomic E-state index is 12.1. The molecule has 2 aliphatic rings. The van der Waals surface area contributed by atoms with Crippen LogP contribution in [0.15, 0.2) is 0 Å². The summed E-state index contributed by atoms with van der Waals surface area (Å²) in [5, 5.41) is 0. The molecule has 0 spiro atoms. The van der Waals surface area contributed by atoms with Gasteiger partial charge in [0, 0.05) is 32.7 Å². The minimum atomic E-state index is 0.383. The third-order valence-electron chi connectivity index (χ3n) is 3.76. The van der Waals surface area contributed by atoms with Crippen molar-refractivity contribution in [2.75, 3.05) is 26.3 Å². The number of ether oxygens (including phenoxy) is 1. The lowest BCUT2D eigenvalue weighted by Crippen LogP contribution is -2.34. The molecule has 2 rings (SSSR count). The van der Waals surface area contributed by atoms with Crippen molar-refractivity contribution in [2.45, 2.75) is 44.9 Å². The van der Waals surface area contributed by atoms with Crippen molar-refractivity contribution >= 4 is 5.91 Å². The van der Waals surface area contributed by atoms with Crippen LogP contribution < -0.4 is 0 Å². The Labute approximate surface area is 98.1 Å². The molecule has 0 saturated carbocycles. The Bertz CT molecular complexity index is 216. The van der Waals surface area contributed by atoms with Crippen LogP contribution >= 0.6 is 0 Å². The number of carbonyl (C=O) groups excluding carboxylic acids is 1. The van der Waals surface area contributed by atoms with Crippen molar-refractivity contribution in [3.63, 3.8) is 0 Å². The lowest BCUT2D eigenvalue weighted by Gasteiger charge is -2.26. The minimum absolute atomic E-state index is 0.383. The molecule has 0 aromatic rings. The first-order valence-corrected chi connectivity index (χ1v) is 6.72. The largest absolute Gasteiger partial charge is 0.381 e. The molecule has 0 aromatic carbocycles. The summed E-state index contributed by atoms with van der Waals surface area (Å²) in [7, 11) is 0. The molecule has 0 radical (unpaired) electrons. The van der Waals surface area contributed by atoms with Crippen LogP contribution in [0.25, 0.3) is 0 Å². The first-order chi connectivity index (χ1) is 7.86. The van der Waals surface area contributed by atoms with E-state index in [4.69, 9.17) is 4.74 Å². The summed E-state index contributed by atoms with van der Waals surface area (Å²) in [6.07, 6.45) is 7.86. The van der Waals surface area contributed by atoms with E-state index in [9.17, 15) is 4.79 Å². The van der Waals surface area contributed by atoms with Gasteiger partial charge in [-0.3, -0.25) is 4.79 Å². The van der Waals surface area contributed by atoms with Crippen molar-refractivity contribution in [3.05, 3.63) is 0 Å². The minimum Gasteiger partial charge on any atom is -0.381 e. The fourth-order valence-corrected chi connectivity index (χ4v) is 2.65. The van der Waals surface area contributed by atoms with Crippen LogP contribution in [0.5, 0.6) is 0 Å². The lowest BCUT2D eigenvalue weighted by atomic mass is 9.96. The van der Waals surface area contributed by atoms with E-state index in [-0.39, 0.29) is 0 Å². The third kappa shape index (κ3) is 3.48. The zero-order valence-corrected chi connectivity index (χ0v) is 10.1. The van der Waals surface area contributed by atoms with E-state index in [2.05, 4.69) is 4.90 Å². The number of hydrogen-bond donors (Lipinski definition) is 0. The average molecular weight is 225 g/mol. The van der Waals surface area contributed by atoms with Crippen molar-refractivity contribution in [2.24, 2.45) is 5.92 Å². The maximum absolute atomic E-state index is 12.1. The molecule has 0 unspecified atom stereocenters. The number of hydrogen-bond acceptors (Lipinski definition) is 2. The fourth-order valence-electron chi connectivity index (χ4n) is 2.65. The van der Waals surface area contributed by atoms with Gasteiger partial charge in [0.2, 0.25) is 5.91 Å². The molecule has 2 fully saturated rings. The second-order valence-electron chi connectivity index (χ2n) is 5.05. The van der Waals surface area contributed by atoms with Crippen molar-refractivity contribution < 1.29 is 9.53 Å². The normalized spacial score (nSPS) is 24.1. The highest BCUT2D eigenvalue weighted by molar-refractivity contribution is 5.76. The molecular weight excluding hydrogens is 202 g/mol. The Hall–Kier alpha value is -0.570. The van der Waals surface area contributed by atoms with Crippen molar-refractivity contribution in [1.82, 2.24) is 4.90 Å². The predicted molar refractivity (Wildman–Crippen MR) is 63.2 cm³/mol. The topological polar surface area (TPSA) is 29.5 Å². The number of rotatable bonds is 2. The highest BCUT2D eigenvalue weighted by Crippen LogP contribution is 2.20. The molecule has 0 N–H and O–H groups in total. The number of nitrogens with zero attached hydrogens (tertiary/aromatic N) is 1. The fraction of sp³-hybridized carbons (Fsp3) is 0.923. The van der Waals surface area contributed by atoms with Gasteiger partial charge in [0.05, 0.1) is 0 Å². The van der Waals surface area contributed by atoms with Gasteiger partial charge in [0.1, 0.15) is 0 Å². The van der Waals surface area contributed by atoms with E-state index in [0.717, 1.165) is 45.6 Å². The SMILES string of the molecule is O=C(CC1CCOCC1)N1CCCCCC1. The summed E-state index contributed by atoms with van der Waals surface area (Å²) in [6.45, 7) is 3.67. The highest BCUT2D eigenvalue weighted by Gasteiger charge is 2.21. The van der Waals surface area contributed by atoms with E-state index in [1.807, 2.05) is 0 Å². The Morgan fingerprint density at radius 3 is 2.31 bits per heavy atom. The van der Waals surface area contributed by atoms with Crippen LogP contribution in [0, 0.1) is 5.92 Å². The van der Waals surface area contributed by atoms with Crippen LogP contribution in [0.4, 0.5) is 0 Å². The van der Waals surface area contributed by atoms with Crippen molar-refractivity contribution in [3.8, 4) is 0 Å². The Balaban J connectivity index is 1.76. The van der Waals surface area contributed by atoms with Gasteiger partial charge in [-0.25, -0.2) is 0 Å². The molecular formula is C13H23NO2. The molecule has 0 bridgehead atoms. The van der Waals surface area contributed by atoms with E-state index in [0.29, 0.717) is 11.8 Å². The van der Waals surface area contributed by atoms with E-state index >= 15 is 0 Å². The smallest absolute Gasteiger partial charge is 0.222 e. The summed E-state index contributed by atoms with van der Waals surface area (Å²) in [5.74, 6) is 0.957. The Morgan fingerprint density at radius 2 is 1.69 bits per heavy atom. The number of likely N-dealkylation sites (tertiary alicyclic amines) is 1. The molecule has 0 aliphatic carbocycles. The summed E-state index contributed by atoms with van der Waals surface area (Å²) < 4.78 is 5.32. The summed E-state index contributed by atoms with van der Waals surface area (Å²) in [6, 6.07) is 0. The Morgan fingerprint density at radius 1 is 1.06 bits per heavy atom. The Kier molecular flexibility index (Phi) is 4.64. The highest BCUT2D eigenvalue weighted by atomic mass is 16.5. The van der Waals surface area contributed by atoms with Crippen molar-refractivity contribution in [1.29, 1.82) is 0 Å². The zero-order chi connectivity index (χ0) is 11.2. The molecule has 92 valence electrons. The zero-order valence-electron chi connectivity index (χ0n) is 10.1. The monoisotopic (exact) mass is 225 g/mol. The number of amides is 1. The quantitative estimate of drug-likeness (QED) is 0.721. The molecule has 2 heterocycles. The third-order valence-corrected chi connectivity index (χ3v) is 3.76. The van der Waals surface area contributed by atoms with E-state index < -0.39 is 0 Å². The summed E-state index contributed by atoms with van der Waals surface area (Å²) in [5.41, 5.74) is 0. The van der Waals surface area contributed by atoms with Gasteiger partial charge in [-0.1, -0.05) is 12.8 Å². The molecule has 3 heteroatoms. The second-order valence-corrected chi connectivity index (χ2v) is 5.05. The van der Waals surface area contributed by atoms with Crippen LogP contribution in [0.3, 0.4) is 0 Å². The van der Waals surface area contributed by atoms with Crippen LogP contribution in [0.1, 0.15) is 44.9 Å². The van der Waals surface area contributed by atoms with Gasteiger partial charge < -0.3 is 9.64 Å². The molecule has 2 aliphatic heterocycles. The van der Waals surface area contributed by atoms with E-state index in [1.54, 1.807) is 0 Å². The predicted octanol–water partition coefficient (Wildman–Crippen LogP) is 2.21. The van der Waals surface area contributed by atoms with Crippen LogP contribution in [-0.4, -0.2) is 37.1 Å². The van der Waals surface area contributed by atoms with E-state index in [1.165, 1.54) is 25.7 Å². The molecule has 3 nitrogen and oxygen atoms in total. The first kappa shape index (κ1) is 11.9. The lowest BCUT2D eigenvalue weighted by molar-refractivity contribution is -0.132.